The highest BCUT2D eigenvalue weighted by Gasteiger charge is 2.73. The third-order valence-corrected chi connectivity index (χ3v) is 22.1. The van der Waals surface area contributed by atoms with E-state index in [9.17, 15) is 84.5 Å². The molecule has 0 spiro atoms. The van der Waals surface area contributed by atoms with Crippen LogP contribution in [0.4, 0.5) is 0 Å². The maximum Gasteiger partial charge on any atom is 0.397 e. The molecule has 4 aliphatic heterocycles. The van der Waals surface area contributed by atoms with Crippen LogP contribution >= 0.6 is 0 Å². The molecule has 28 heteroatoms. The third-order valence-electron chi connectivity index (χ3n) is 21.7. The van der Waals surface area contributed by atoms with Gasteiger partial charge in [-0.15, -0.1) is 0 Å². The van der Waals surface area contributed by atoms with Gasteiger partial charge in [-0.1, -0.05) is 60.6 Å². The first-order valence-electron chi connectivity index (χ1n) is 28.6. The van der Waals surface area contributed by atoms with Crippen molar-refractivity contribution >= 4 is 16.4 Å². The van der Waals surface area contributed by atoms with E-state index in [2.05, 4.69) is 46.8 Å². The molecule has 82 heavy (non-hydrogen) atoms. The van der Waals surface area contributed by atoms with Crippen molar-refractivity contribution in [1.82, 2.24) is 0 Å². The lowest BCUT2D eigenvalue weighted by atomic mass is 9.32. The van der Waals surface area contributed by atoms with Gasteiger partial charge >= 0.3 is 16.4 Å². The molecule has 0 radical (unpaired) electrons. The van der Waals surface area contributed by atoms with Gasteiger partial charge < -0.3 is 109 Å². The van der Waals surface area contributed by atoms with Crippen molar-refractivity contribution in [2.24, 2.45) is 56.2 Å². The molecule has 0 aromatic carbocycles. The van der Waals surface area contributed by atoms with Crippen molar-refractivity contribution in [2.45, 2.75) is 235 Å². The molecular weight excluding hydrogens is 1110 g/mol. The molecule has 8 fully saturated rings. The van der Waals surface area contributed by atoms with E-state index >= 15 is 4.79 Å². The molecule has 0 amide bonds. The van der Waals surface area contributed by atoms with Crippen LogP contribution < -0.4 is 0 Å². The number of fused-ring (bicyclic) bond motifs is 7. The maximum atomic E-state index is 15.2. The zero-order valence-corrected chi connectivity index (χ0v) is 48.0. The second-order valence-corrected chi connectivity index (χ2v) is 28.1. The number of aliphatic hydroxyl groups is 14. The van der Waals surface area contributed by atoms with Crippen molar-refractivity contribution in [3.05, 3.63) is 12.2 Å². The molecule has 4 heterocycles. The minimum Gasteiger partial charge on any atom is -0.432 e. The maximum absolute atomic E-state index is 15.2. The lowest BCUT2D eigenvalue weighted by molar-refractivity contribution is -0.373. The van der Waals surface area contributed by atoms with Crippen LogP contribution in [0.5, 0.6) is 0 Å². The van der Waals surface area contributed by atoms with Crippen LogP contribution in [0.15, 0.2) is 12.2 Å². The Hall–Kier alpha value is -1.76. The molecule has 472 valence electrons. The summed E-state index contributed by atoms with van der Waals surface area (Å²) in [6.07, 6.45) is -30.5. The number of hydrogen-bond donors (Lipinski definition) is 15. The van der Waals surface area contributed by atoms with Gasteiger partial charge in [0.25, 0.3) is 0 Å². The van der Waals surface area contributed by atoms with Gasteiger partial charge in [0, 0.05) is 0 Å². The molecule has 0 aromatic heterocycles. The average molecular weight is 1200 g/mol. The van der Waals surface area contributed by atoms with E-state index in [1.807, 2.05) is 13.8 Å². The molecule has 0 unspecified atom stereocenters. The molecule has 15 N–H and O–H groups in total. The van der Waals surface area contributed by atoms with Crippen LogP contribution in [0.2, 0.25) is 0 Å². The normalized spacial score (nSPS) is 52.8. The SMILES string of the molecule is CC1(C)CC[C@]2(C(=O)O[C@@H]3O[C@H](CO[C@@H]4O[C@H](CO[C@@H]5O[C@H](CO)[C@@H](O)[C@H](O)[C@H]5O[C@@H]5O[C@H](CO)[C@@H](O)[C@H](O)[C@H]5O)[C@@H](O)[C@H](O)[C@H]4O)[C@@H](O)[C@H](O)[C@H]3O)[C@H](O)C[C@]3(C)[C@@H](C=C[C@@H]4[C@@]5(C)CC[C@H](OS(=O)(=O)O)C(C)(C)[C@@H]5CC[C@]43C)[C@@H]2C1. The van der Waals surface area contributed by atoms with Gasteiger partial charge in [-0.3, -0.25) is 9.35 Å². The van der Waals surface area contributed by atoms with Crippen LogP contribution in [-0.2, 0) is 57.3 Å². The standard InChI is InChI=1S/C54H88O27S/c1-49(2)14-15-54(23(16-49)22-8-9-29-51(5)12-11-31(81-82(70,71)72)50(3,4)28(51)10-13-52(29,6)53(22,7)17-30(54)57)48(69)80-46-42(68)38(64)35(61)27(78-46)20-73-44-40(66)37(63)34(60)26(77-44)21-74-47-43(39(65)33(59)25(19-56)76-47)79-45-41(67)36(62)32(58)24(18-55)75-45/h8-9,22-47,55-68H,10-21H2,1-7H3,(H,70,71,72)/t22-,23-,24+,25+,26+,27+,28-,29+,30+,31-,32+,33+,34+,35+,36-,37-,38-,39-,40+,41+,42+,43+,44+,45-,46-,47+,51-,52+,53+,54+/m0/s1. The van der Waals surface area contributed by atoms with E-state index in [4.69, 9.17) is 42.1 Å². The second kappa shape index (κ2) is 23.3. The lowest BCUT2D eigenvalue weighted by Gasteiger charge is -2.72. The minimum atomic E-state index is -4.71. The van der Waals surface area contributed by atoms with Crippen molar-refractivity contribution in [3.8, 4) is 0 Å². The summed E-state index contributed by atoms with van der Waals surface area (Å²) >= 11 is 0. The topological polar surface area (TPSA) is 438 Å². The van der Waals surface area contributed by atoms with Crippen LogP contribution in [0.1, 0.15) is 99.8 Å². The summed E-state index contributed by atoms with van der Waals surface area (Å²) in [5.41, 5.74) is -3.77. The van der Waals surface area contributed by atoms with E-state index in [1.54, 1.807) is 0 Å². The predicted molar refractivity (Wildman–Crippen MR) is 275 cm³/mol. The van der Waals surface area contributed by atoms with E-state index < -0.39 is 205 Å². The average Bonchev–Trinajstić information content (AvgIpc) is 1.37. The highest BCUT2D eigenvalue weighted by molar-refractivity contribution is 7.80. The van der Waals surface area contributed by atoms with E-state index in [0.717, 1.165) is 0 Å². The molecule has 27 nitrogen and oxygen atoms in total. The van der Waals surface area contributed by atoms with E-state index in [1.165, 1.54) is 0 Å². The smallest absolute Gasteiger partial charge is 0.397 e. The third kappa shape index (κ3) is 11.0. The second-order valence-electron chi connectivity index (χ2n) is 27.0. The summed E-state index contributed by atoms with van der Waals surface area (Å²) in [6.45, 7) is 11.6. The minimum absolute atomic E-state index is 0.00730. The summed E-state index contributed by atoms with van der Waals surface area (Å²) in [4.78, 5) is 15.2. The van der Waals surface area contributed by atoms with Crippen molar-refractivity contribution in [3.63, 3.8) is 0 Å². The Labute approximate surface area is 475 Å². The van der Waals surface area contributed by atoms with Gasteiger partial charge in [-0.2, -0.15) is 8.42 Å². The first-order chi connectivity index (χ1) is 38.1. The Balaban J connectivity index is 0.891. The Bertz CT molecular complexity index is 2400. The lowest BCUT2D eigenvalue weighted by Crippen LogP contribution is -2.70. The zero-order chi connectivity index (χ0) is 60.4. The number of carbonyl (C=O) groups is 1. The Morgan fingerprint density at radius 3 is 1.66 bits per heavy atom. The summed E-state index contributed by atoms with van der Waals surface area (Å²) in [7, 11) is -4.71. The molecule has 30 atom stereocenters. The molecule has 0 aromatic rings. The molecule has 9 rings (SSSR count). The number of carbonyl (C=O) groups excluding carboxylic acids is 1. The first kappa shape index (κ1) is 64.7. The monoisotopic (exact) mass is 1200 g/mol. The molecule has 0 bridgehead atoms. The highest BCUT2D eigenvalue weighted by Crippen LogP contribution is 2.76. The van der Waals surface area contributed by atoms with Gasteiger partial charge in [0.1, 0.15) is 97.7 Å². The van der Waals surface area contributed by atoms with Crippen molar-refractivity contribution in [2.75, 3.05) is 26.4 Å². The van der Waals surface area contributed by atoms with Gasteiger partial charge in [0.2, 0.25) is 6.29 Å². The number of ether oxygens (including phenoxy) is 8. The zero-order valence-electron chi connectivity index (χ0n) is 47.2. The van der Waals surface area contributed by atoms with Gasteiger partial charge in [-0.05, 0) is 102 Å². The van der Waals surface area contributed by atoms with E-state index in [0.29, 0.717) is 38.5 Å². The fourth-order valence-corrected chi connectivity index (χ4v) is 17.3. The molecule has 9 aliphatic rings. The van der Waals surface area contributed by atoms with Crippen LogP contribution in [-0.4, -0.2) is 252 Å². The van der Waals surface area contributed by atoms with Crippen molar-refractivity contribution in [1.29, 1.82) is 0 Å². The predicted octanol–water partition coefficient (Wildman–Crippen LogP) is -3.38. The Morgan fingerprint density at radius 1 is 0.561 bits per heavy atom. The van der Waals surface area contributed by atoms with Gasteiger partial charge in [0.15, 0.2) is 18.9 Å². The first-order valence-corrected chi connectivity index (χ1v) is 29.9. The summed E-state index contributed by atoms with van der Waals surface area (Å²) in [5, 5.41) is 152. The number of allylic oxidation sites excluding steroid dienone is 2. The highest BCUT2D eigenvalue weighted by atomic mass is 32.3. The van der Waals surface area contributed by atoms with Gasteiger partial charge in [0.05, 0.1) is 44.1 Å². The molecule has 4 saturated carbocycles. The largest absolute Gasteiger partial charge is 0.432 e. The summed E-state index contributed by atoms with van der Waals surface area (Å²) < 4.78 is 85.0. The molecule has 4 saturated heterocycles. The van der Waals surface area contributed by atoms with Crippen LogP contribution in [0.3, 0.4) is 0 Å². The number of rotatable bonds is 14. The van der Waals surface area contributed by atoms with Crippen LogP contribution in [0, 0.1) is 56.2 Å². The Morgan fingerprint density at radius 2 is 1.07 bits per heavy atom. The number of aliphatic hydroxyl groups excluding tert-OH is 14. The fourth-order valence-electron chi connectivity index (χ4n) is 16.7. The molecule has 5 aliphatic carbocycles. The Kier molecular flexibility index (Phi) is 18.4. The number of hydrogen-bond acceptors (Lipinski definition) is 26. The van der Waals surface area contributed by atoms with Crippen LogP contribution in [0.25, 0.3) is 0 Å². The van der Waals surface area contributed by atoms with Gasteiger partial charge in [-0.25, -0.2) is 4.18 Å². The molecular formula is C54H88O27S. The van der Waals surface area contributed by atoms with E-state index in [-0.39, 0.29) is 41.4 Å². The summed E-state index contributed by atoms with van der Waals surface area (Å²) in [6, 6.07) is 0. The number of esters is 1. The van der Waals surface area contributed by atoms with Crippen molar-refractivity contribution < 1.29 is 131 Å². The quantitative estimate of drug-likeness (QED) is 0.0458. The fraction of sp³-hybridized carbons (Fsp3) is 0.944. The summed E-state index contributed by atoms with van der Waals surface area (Å²) in [5.74, 6) is -1.65.